The van der Waals surface area contributed by atoms with E-state index in [-0.39, 0.29) is 17.5 Å². The van der Waals surface area contributed by atoms with Gasteiger partial charge in [0, 0.05) is 22.8 Å². The van der Waals surface area contributed by atoms with Crippen molar-refractivity contribution in [1.29, 1.82) is 0 Å². The lowest BCUT2D eigenvalue weighted by Crippen LogP contribution is -2.32. The zero-order chi connectivity index (χ0) is 18.5. The molecule has 0 N–H and O–H groups in total. The van der Waals surface area contributed by atoms with Gasteiger partial charge in [0.05, 0.1) is 5.75 Å². The molecule has 0 saturated carbocycles. The molecule has 134 valence electrons. The van der Waals surface area contributed by atoms with Gasteiger partial charge in [-0.25, -0.2) is 4.39 Å². The first kappa shape index (κ1) is 18.4. The van der Waals surface area contributed by atoms with Crippen molar-refractivity contribution in [2.75, 3.05) is 17.2 Å². The van der Waals surface area contributed by atoms with Crippen molar-refractivity contribution < 1.29 is 13.6 Å². The van der Waals surface area contributed by atoms with Crippen LogP contribution in [-0.2, 0) is 4.79 Å². The highest BCUT2D eigenvalue weighted by Crippen LogP contribution is 2.25. The largest absolute Gasteiger partial charge is 0.411 e. The van der Waals surface area contributed by atoms with Crippen LogP contribution in [0.1, 0.15) is 6.92 Å². The Bertz CT molecular complexity index is 901. The van der Waals surface area contributed by atoms with Gasteiger partial charge in [0.1, 0.15) is 5.82 Å². The maximum atomic E-state index is 13.0. The molecule has 1 heterocycles. The van der Waals surface area contributed by atoms with Crippen LogP contribution in [0.3, 0.4) is 0 Å². The number of hydrogen-bond acceptors (Lipinski definition) is 5. The van der Waals surface area contributed by atoms with Gasteiger partial charge in [-0.1, -0.05) is 29.4 Å². The molecule has 0 spiro atoms. The second-order valence-corrected chi connectivity index (χ2v) is 6.65. The summed E-state index contributed by atoms with van der Waals surface area (Å²) in [6.45, 7) is 2.33. The molecule has 1 aromatic heterocycles. The summed E-state index contributed by atoms with van der Waals surface area (Å²) in [7, 11) is 0. The molecule has 0 aliphatic carbocycles. The summed E-state index contributed by atoms with van der Waals surface area (Å²) in [6, 6.07) is 12.9. The predicted molar refractivity (Wildman–Crippen MR) is 99.9 cm³/mol. The minimum absolute atomic E-state index is 0.127. The molecule has 5 nitrogen and oxygen atoms in total. The van der Waals surface area contributed by atoms with E-state index in [1.807, 2.05) is 13.0 Å². The van der Waals surface area contributed by atoms with E-state index >= 15 is 0 Å². The zero-order valence-electron chi connectivity index (χ0n) is 13.9. The smallest absolute Gasteiger partial charge is 0.277 e. The van der Waals surface area contributed by atoms with Crippen LogP contribution in [0, 0.1) is 5.82 Å². The lowest BCUT2D eigenvalue weighted by atomic mass is 10.2. The summed E-state index contributed by atoms with van der Waals surface area (Å²) in [5.41, 5.74) is 1.36. The minimum atomic E-state index is -0.342. The summed E-state index contributed by atoms with van der Waals surface area (Å²) in [5.74, 6) is -0.00598. The fourth-order valence-corrected chi connectivity index (χ4v) is 3.16. The van der Waals surface area contributed by atoms with Crippen LogP contribution in [0.2, 0.25) is 5.02 Å². The second kappa shape index (κ2) is 8.33. The molecule has 8 heteroatoms. The zero-order valence-corrected chi connectivity index (χ0v) is 15.4. The highest BCUT2D eigenvalue weighted by Gasteiger charge is 2.17. The number of carbonyl (C=O) groups is 1. The molecular formula is C18H15ClFN3O2S. The standard InChI is InChI=1S/C18H15ClFN3O2S/c1-2-23(15-8-6-14(20)7-9-15)16(24)11-26-18-22-21-17(25-18)12-4-3-5-13(19)10-12/h3-10H,2,11H2,1H3. The van der Waals surface area contributed by atoms with Crippen molar-refractivity contribution in [1.82, 2.24) is 10.2 Å². The van der Waals surface area contributed by atoms with Crippen molar-refractivity contribution >= 4 is 35.0 Å². The average molecular weight is 392 g/mol. The van der Waals surface area contributed by atoms with E-state index in [9.17, 15) is 9.18 Å². The first-order valence-electron chi connectivity index (χ1n) is 7.85. The van der Waals surface area contributed by atoms with Gasteiger partial charge in [-0.2, -0.15) is 0 Å². The average Bonchev–Trinajstić information content (AvgIpc) is 3.11. The number of benzene rings is 2. The number of aromatic nitrogens is 2. The van der Waals surface area contributed by atoms with Gasteiger partial charge in [-0.15, -0.1) is 10.2 Å². The first-order valence-corrected chi connectivity index (χ1v) is 9.21. The van der Waals surface area contributed by atoms with Crippen LogP contribution < -0.4 is 4.90 Å². The van der Waals surface area contributed by atoms with Crippen molar-refractivity contribution in [2.24, 2.45) is 0 Å². The number of nitrogens with zero attached hydrogens (tertiary/aromatic N) is 3. The van der Waals surface area contributed by atoms with Gasteiger partial charge in [0.15, 0.2) is 0 Å². The molecule has 0 unspecified atom stereocenters. The van der Waals surface area contributed by atoms with Gasteiger partial charge < -0.3 is 9.32 Å². The molecule has 0 fully saturated rings. The Morgan fingerprint density at radius 3 is 2.69 bits per heavy atom. The van der Waals surface area contributed by atoms with Crippen LogP contribution >= 0.6 is 23.4 Å². The maximum absolute atomic E-state index is 13.0. The molecule has 0 radical (unpaired) electrons. The number of halogens is 2. The minimum Gasteiger partial charge on any atom is -0.411 e. The van der Waals surface area contributed by atoms with Crippen LogP contribution in [-0.4, -0.2) is 28.4 Å². The summed E-state index contributed by atoms with van der Waals surface area (Å²) < 4.78 is 18.6. The SMILES string of the molecule is CCN(C(=O)CSc1nnc(-c2cccc(Cl)c2)o1)c1ccc(F)cc1. The van der Waals surface area contributed by atoms with Gasteiger partial charge in [0.2, 0.25) is 11.8 Å². The van der Waals surface area contributed by atoms with Crippen LogP contribution in [0.25, 0.3) is 11.5 Å². The molecule has 26 heavy (non-hydrogen) atoms. The molecule has 3 aromatic rings. The lowest BCUT2D eigenvalue weighted by Gasteiger charge is -2.20. The first-order chi connectivity index (χ1) is 12.6. The number of anilines is 1. The molecule has 1 amide bonds. The van der Waals surface area contributed by atoms with E-state index in [1.54, 1.807) is 35.2 Å². The Morgan fingerprint density at radius 1 is 1.23 bits per heavy atom. The quantitative estimate of drug-likeness (QED) is 0.571. The van der Waals surface area contributed by atoms with E-state index in [2.05, 4.69) is 10.2 Å². The number of amides is 1. The fraction of sp³-hybridized carbons (Fsp3) is 0.167. The third-order valence-electron chi connectivity index (χ3n) is 3.55. The molecule has 3 rings (SSSR count). The second-order valence-electron chi connectivity index (χ2n) is 5.29. The number of rotatable bonds is 6. The summed E-state index contributed by atoms with van der Waals surface area (Å²) in [6.07, 6.45) is 0. The third kappa shape index (κ3) is 4.42. The normalized spacial score (nSPS) is 10.7. The van der Waals surface area contributed by atoms with Crippen molar-refractivity contribution in [3.05, 3.63) is 59.4 Å². The van der Waals surface area contributed by atoms with Crippen molar-refractivity contribution in [2.45, 2.75) is 12.1 Å². The van der Waals surface area contributed by atoms with Crippen LogP contribution in [0.15, 0.2) is 58.2 Å². The van der Waals surface area contributed by atoms with E-state index in [1.165, 1.54) is 12.1 Å². The van der Waals surface area contributed by atoms with Crippen molar-refractivity contribution in [3.63, 3.8) is 0 Å². The molecular weight excluding hydrogens is 377 g/mol. The number of hydrogen-bond donors (Lipinski definition) is 0. The highest BCUT2D eigenvalue weighted by atomic mass is 35.5. The van der Waals surface area contributed by atoms with Crippen LogP contribution in [0.5, 0.6) is 0 Å². The molecule has 0 aliphatic rings. The monoisotopic (exact) mass is 391 g/mol. The van der Waals surface area contributed by atoms with E-state index in [0.29, 0.717) is 33.9 Å². The van der Waals surface area contributed by atoms with Crippen molar-refractivity contribution in [3.8, 4) is 11.5 Å². The number of thioether (sulfide) groups is 1. The van der Waals surface area contributed by atoms with E-state index in [4.69, 9.17) is 16.0 Å². The summed E-state index contributed by atoms with van der Waals surface area (Å²) in [5, 5.41) is 8.79. The Kier molecular flexibility index (Phi) is 5.90. The third-order valence-corrected chi connectivity index (χ3v) is 4.59. The number of carbonyl (C=O) groups excluding carboxylic acids is 1. The van der Waals surface area contributed by atoms with Crippen LogP contribution in [0.4, 0.5) is 10.1 Å². The van der Waals surface area contributed by atoms with Gasteiger partial charge in [-0.05, 0) is 49.4 Å². The highest BCUT2D eigenvalue weighted by molar-refractivity contribution is 7.99. The Labute approximate surface area is 159 Å². The molecule has 2 aromatic carbocycles. The van der Waals surface area contributed by atoms with Gasteiger partial charge >= 0.3 is 0 Å². The Morgan fingerprint density at radius 2 is 2.00 bits per heavy atom. The molecule has 0 bridgehead atoms. The lowest BCUT2D eigenvalue weighted by molar-refractivity contribution is -0.116. The predicted octanol–water partition coefficient (Wildman–Crippen LogP) is 4.67. The molecule has 0 atom stereocenters. The maximum Gasteiger partial charge on any atom is 0.277 e. The summed E-state index contributed by atoms with van der Waals surface area (Å²) >= 11 is 7.11. The fourth-order valence-electron chi connectivity index (χ4n) is 2.33. The molecule has 0 aliphatic heterocycles. The summed E-state index contributed by atoms with van der Waals surface area (Å²) in [4.78, 5) is 14.0. The topological polar surface area (TPSA) is 59.2 Å². The van der Waals surface area contributed by atoms with Gasteiger partial charge in [-0.3, -0.25) is 4.79 Å². The Hall–Kier alpha value is -2.38. The van der Waals surface area contributed by atoms with Gasteiger partial charge in [0.25, 0.3) is 5.22 Å². The Balaban J connectivity index is 1.65. The van der Waals surface area contributed by atoms with E-state index in [0.717, 1.165) is 11.8 Å². The molecule has 0 saturated heterocycles. The van der Waals surface area contributed by atoms with E-state index < -0.39 is 0 Å².